The van der Waals surface area contributed by atoms with Crippen LogP contribution in [-0.2, 0) is 20.5 Å². The van der Waals surface area contributed by atoms with Gasteiger partial charge in [0, 0.05) is 6.20 Å². The second-order valence-corrected chi connectivity index (χ2v) is 7.48. The highest BCUT2D eigenvalue weighted by molar-refractivity contribution is 5.98. The monoisotopic (exact) mass is 373 g/mol. The Labute approximate surface area is 157 Å². The van der Waals surface area contributed by atoms with Gasteiger partial charge in [-0.3, -0.25) is 9.48 Å². The van der Waals surface area contributed by atoms with Crippen LogP contribution < -0.4 is 14.8 Å². The van der Waals surface area contributed by atoms with Gasteiger partial charge in [0.25, 0.3) is 0 Å². The van der Waals surface area contributed by atoms with Gasteiger partial charge in [0.05, 0.1) is 17.3 Å². The molecular weight excluding hydrogens is 350 g/mol. The molecule has 0 saturated heterocycles. The topological polar surface area (TPSA) is 103 Å². The minimum absolute atomic E-state index is 0.244. The molecule has 0 atom stereocenters. The molecule has 2 aromatic rings. The molecule has 2 N–H and O–H groups in total. The van der Waals surface area contributed by atoms with Crippen LogP contribution in [0.15, 0.2) is 30.6 Å². The molecule has 0 saturated carbocycles. The molecule has 27 heavy (non-hydrogen) atoms. The number of nitrogens with zero attached hydrogens (tertiary/aromatic N) is 2. The number of aromatic nitrogens is 2. The Hall–Kier alpha value is -3.03. The van der Waals surface area contributed by atoms with E-state index in [1.54, 1.807) is 19.9 Å². The Balaban J connectivity index is 1.79. The molecule has 0 unspecified atom stereocenters. The Kier molecular flexibility index (Phi) is 4.59. The molecule has 2 heterocycles. The number of carbonyl (C=O) groups is 2. The fourth-order valence-corrected chi connectivity index (χ4v) is 2.64. The van der Waals surface area contributed by atoms with Gasteiger partial charge >= 0.3 is 5.97 Å². The highest BCUT2D eigenvalue weighted by Crippen LogP contribution is 2.35. The zero-order valence-electron chi connectivity index (χ0n) is 15.8. The summed E-state index contributed by atoms with van der Waals surface area (Å²) in [7, 11) is 0. The van der Waals surface area contributed by atoms with Crippen molar-refractivity contribution in [3.63, 3.8) is 0 Å². The zero-order chi connectivity index (χ0) is 19.8. The van der Waals surface area contributed by atoms with Crippen LogP contribution in [0.25, 0.3) is 0 Å². The van der Waals surface area contributed by atoms with E-state index in [0.717, 1.165) is 5.56 Å². The SMILES string of the molecule is CC(C)(C(=O)Nc1cnn(C(C)(C)C(=O)O)c1)c1ccc2c(c1)OCCO2. The minimum atomic E-state index is -1.21. The molecule has 8 nitrogen and oxygen atoms in total. The third kappa shape index (κ3) is 3.47. The van der Waals surface area contributed by atoms with E-state index in [2.05, 4.69) is 10.4 Å². The van der Waals surface area contributed by atoms with Crippen molar-refractivity contribution in [2.75, 3.05) is 18.5 Å². The van der Waals surface area contributed by atoms with Crippen molar-refractivity contribution >= 4 is 17.6 Å². The van der Waals surface area contributed by atoms with E-state index in [-0.39, 0.29) is 5.91 Å². The summed E-state index contributed by atoms with van der Waals surface area (Å²) in [6, 6.07) is 5.45. The lowest BCUT2D eigenvalue weighted by Crippen LogP contribution is -2.36. The lowest BCUT2D eigenvalue weighted by molar-refractivity contribution is -0.146. The van der Waals surface area contributed by atoms with Gasteiger partial charge < -0.3 is 19.9 Å². The molecule has 0 aliphatic carbocycles. The van der Waals surface area contributed by atoms with E-state index in [1.807, 2.05) is 12.1 Å². The van der Waals surface area contributed by atoms with Crippen LogP contribution >= 0.6 is 0 Å². The van der Waals surface area contributed by atoms with Crippen LogP contribution in [-0.4, -0.2) is 40.0 Å². The van der Waals surface area contributed by atoms with Crippen LogP contribution in [0.2, 0.25) is 0 Å². The normalized spacial score (nSPS) is 13.9. The van der Waals surface area contributed by atoms with Crippen LogP contribution in [0.1, 0.15) is 33.3 Å². The Morgan fingerprint density at radius 2 is 1.81 bits per heavy atom. The molecule has 0 bridgehead atoms. The molecule has 1 aromatic heterocycles. The molecule has 1 aromatic carbocycles. The Morgan fingerprint density at radius 1 is 1.15 bits per heavy atom. The number of carboxylic acids is 1. The average Bonchev–Trinajstić information content (AvgIpc) is 3.10. The summed E-state index contributed by atoms with van der Waals surface area (Å²) in [5, 5.41) is 16.2. The molecule has 0 spiro atoms. The molecule has 8 heteroatoms. The van der Waals surface area contributed by atoms with E-state index in [4.69, 9.17) is 9.47 Å². The number of carboxylic acid groups (broad SMARTS) is 1. The fraction of sp³-hybridized carbons (Fsp3) is 0.421. The van der Waals surface area contributed by atoms with Crippen molar-refractivity contribution in [1.82, 2.24) is 9.78 Å². The highest BCUT2D eigenvalue weighted by atomic mass is 16.6. The van der Waals surface area contributed by atoms with Gasteiger partial charge in [0.2, 0.25) is 5.91 Å². The van der Waals surface area contributed by atoms with Crippen molar-refractivity contribution < 1.29 is 24.2 Å². The third-order valence-electron chi connectivity index (χ3n) is 4.77. The van der Waals surface area contributed by atoms with Gasteiger partial charge in [-0.05, 0) is 45.4 Å². The van der Waals surface area contributed by atoms with Gasteiger partial charge in [0.1, 0.15) is 13.2 Å². The molecule has 3 rings (SSSR count). The van der Waals surface area contributed by atoms with Crippen molar-refractivity contribution in [3.05, 3.63) is 36.2 Å². The number of carbonyl (C=O) groups excluding carboxylic acids is 1. The maximum absolute atomic E-state index is 12.9. The summed E-state index contributed by atoms with van der Waals surface area (Å²) in [4.78, 5) is 24.2. The van der Waals surface area contributed by atoms with Gasteiger partial charge in [-0.1, -0.05) is 6.07 Å². The van der Waals surface area contributed by atoms with Crippen molar-refractivity contribution in [1.29, 1.82) is 0 Å². The van der Waals surface area contributed by atoms with E-state index >= 15 is 0 Å². The molecule has 0 fully saturated rings. The van der Waals surface area contributed by atoms with Crippen molar-refractivity contribution in [3.8, 4) is 11.5 Å². The first-order chi connectivity index (χ1) is 12.6. The lowest BCUT2D eigenvalue weighted by Gasteiger charge is -2.26. The summed E-state index contributed by atoms with van der Waals surface area (Å²) in [5.74, 6) is 0.0287. The summed E-state index contributed by atoms with van der Waals surface area (Å²) in [6.07, 6.45) is 2.94. The van der Waals surface area contributed by atoms with Crippen LogP contribution in [0.3, 0.4) is 0 Å². The maximum atomic E-state index is 12.9. The molecule has 144 valence electrons. The number of fused-ring (bicyclic) bond motifs is 1. The number of hydrogen-bond acceptors (Lipinski definition) is 5. The van der Waals surface area contributed by atoms with E-state index in [1.165, 1.54) is 30.9 Å². The predicted molar refractivity (Wildman–Crippen MR) is 98.3 cm³/mol. The molecule has 1 amide bonds. The zero-order valence-corrected chi connectivity index (χ0v) is 15.8. The Bertz CT molecular complexity index is 885. The largest absolute Gasteiger partial charge is 0.486 e. The molecule has 1 aliphatic rings. The summed E-state index contributed by atoms with van der Waals surface area (Å²) >= 11 is 0. The van der Waals surface area contributed by atoms with Crippen LogP contribution in [0.4, 0.5) is 5.69 Å². The highest BCUT2D eigenvalue weighted by Gasteiger charge is 2.33. The predicted octanol–water partition coefficient (Wildman–Crippen LogP) is 2.39. The maximum Gasteiger partial charge on any atom is 0.331 e. The van der Waals surface area contributed by atoms with Gasteiger partial charge in [-0.2, -0.15) is 5.10 Å². The average molecular weight is 373 g/mol. The van der Waals surface area contributed by atoms with E-state index < -0.39 is 16.9 Å². The number of nitrogens with one attached hydrogen (secondary N) is 1. The fourth-order valence-electron chi connectivity index (χ4n) is 2.64. The molecular formula is C19H23N3O5. The standard InChI is InChI=1S/C19H23N3O5/c1-18(2,12-5-6-14-15(9-12)27-8-7-26-14)16(23)21-13-10-20-22(11-13)19(3,4)17(24)25/h5-6,9-11H,7-8H2,1-4H3,(H,21,23)(H,24,25). The van der Waals surface area contributed by atoms with Crippen LogP contribution in [0.5, 0.6) is 11.5 Å². The second-order valence-electron chi connectivity index (χ2n) is 7.48. The van der Waals surface area contributed by atoms with E-state index in [9.17, 15) is 14.7 Å². The summed E-state index contributed by atoms with van der Waals surface area (Å²) in [5.41, 5.74) is -0.850. The second kappa shape index (κ2) is 6.61. The first kappa shape index (κ1) is 18.8. The van der Waals surface area contributed by atoms with Crippen molar-refractivity contribution in [2.24, 2.45) is 0 Å². The number of hydrogen-bond donors (Lipinski definition) is 2. The number of anilines is 1. The van der Waals surface area contributed by atoms with Gasteiger partial charge in [0.15, 0.2) is 17.0 Å². The van der Waals surface area contributed by atoms with Crippen LogP contribution in [0, 0.1) is 0 Å². The number of aliphatic carboxylic acids is 1. The number of amides is 1. The number of ether oxygens (including phenoxy) is 2. The smallest absolute Gasteiger partial charge is 0.331 e. The van der Waals surface area contributed by atoms with Gasteiger partial charge in [-0.15, -0.1) is 0 Å². The molecule has 0 radical (unpaired) electrons. The van der Waals surface area contributed by atoms with Gasteiger partial charge in [-0.25, -0.2) is 4.79 Å². The number of rotatable bonds is 5. The first-order valence-corrected chi connectivity index (χ1v) is 8.62. The quantitative estimate of drug-likeness (QED) is 0.834. The van der Waals surface area contributed by atoms with E-state index in [0.29, 0.717) is 30.4 Å². The summed E-state index contributed by atoms with van der Waals surface area (Å²) < 4.78 is 12.4. The lowest BCUT2D eigenvalue weighted by atomic mass is 9.83. The first-order valence-electron chi connectivity index (χ1n) is 8.62. The third-order valence-corrected chi connectivity index (χ3v) is 4.77. The Morgan fingerprint density at radius 3 is 2.48 bits per heavy atom. The number of benzene rings is 1. The summed E-state index contributed by atoms with van der Waals surface area (Å²) in [6.45, 7) is 7.66. The molecule has 1 aliphatic heterocycles. The minimum Gasteiger partial charge on any atom is -0.486 e. The van der Waals surface area contributed by atoms with Crippen molar-refractivity contribution in [2.45, 2.75) is 38.6 Å².